The number of ether oxygens (including phenoxy) is 2. The molecule has 0 amide bonds. The molecule has 0 aliphatic heterocycles. The summed E-state index contributed by atoms with van der Waals surface area (Å²) >= 11 is 0. The van der Waals surface area contributed by atoms with Gasteiger partial charge in [0.2, 0.25) is 5.78 Å². The van der Waals surface area contributed by atoms with Gasteiger partial charge in [0, 0.05) is 29.4 Å². The highest BCUT2D eigenvalue weighted by Crippen LogP contribution is 2.21. The molecule has 0 atom stereocenters. The molecular formula is C23H26N2O5. The lowest BCUT2D eigenvalue weighted by Crippen LogP contribution is -2.15. The van der Waals surface area contributed by atoms with Crippen molar-refractivity contribution in [2.45, 2.75) is 40.5 Å². The lowest BCUT2D eigenvalue weighted by Gasteiger charge is -2.07. The van der Waals surface area contributed by atoms with Crippen LogP contribution in [0.15, 0.2) is 40.9 Å². The molecule has 0 spiro atoms. The molecular weight excluding hydrogens is 384 g/mol. The van der Waals surface area contributed by atoms with Crippen LogP contribution in [0.1, 0.15) is 45.9 Å². The minimum Gasteiger partial charge on any atom is -0.494 e. The third-order valence-corrected chi connectivity index (χ3v) is 4.72. The molecule has 0 fully saturated rings. The lowest BCUT2D eigenvalue weighted by molar-refractivity contribution is -0.142. The number of Topliss-reactive ketones (excluding diaryl/α,β-unsaturated/α-hetero) is 1. The second kappa shape index (κ2) is 9.43. The number of hydrogen-bond acceptors (Lipinski definition) is 6. The van der Waals surface area contributed by atoms with Gasteiger partial charge in [0.15, 0.2) is 12.4 Å². The first-order valence-electron chi connectivity index (χ1n) is 9.86. The average molecular weight is 410 g/mol. The predicted octanol–water partition coefficient (Wildman–Crippen LogP) is 4.28. The van der Waals surface area contributed by atoms with E-state index >= 15 is 0 Å². The van der Waals surface area contributed by atoms with E-state index < -0.39 is 5.97 Å². The lowest BCUT2D eigenvalue weighted by atomic mass is 10.1. The van der Waals surface area contributed by atoms with E-state index in [2.05, 4.69) is 5.16 Å². The number of aryl methyl sites for hydroxylation is 3. The highest BCUT2D eigenvalue weighted by molar-refractivity contribution is 5.99. The molecule has 7 nitrogen and oxygen atoms in total. The highest BCUT2D eigenvalue weighted by atomic mass is 16.5. The number of nitrogens with zero attached hydrogens (tertiary/aromatic N) is 2. The fourth-order valence-corrected chi connectivity index (χ4v) is 3.26. The number of carbonyl (C=O) groups excluding carboxylic acids is 2. The van der Waals surface area contributed by atoms with Gasteiger partial charge in [-0.15, -0.1) is 0 Å². The summed E-state index contributed by atoms with van der Waals surface area (Å²) in [5.74, 6) is 1.41. The number of ketones is 1. The van der Waals surface area contributed by atoms with Gasteiger partial charge in [-0.1, -0.05) is 17.3 Å². The quantitative estimate of drug-likeness (QED) is 0.297. The minimum atomic E-state index is -0.419. The largest absolute Gasteiger partial charge is 0.494 e. The first-order valence-corrected chi connectivity index (χ1v) is 9.86. The van der Waals surface area contributed by atoms with Gasteiger partial charge in [0.1, 0.15) is 11.5 Å². The molecule has 0 aliphatic rings. The first-order chi connectivity index (χ1) is 14.3. The Bertz CT molecular complexity index is 1050. The molecule has 7 heteroatoms. The van der Waals surface area contributed by atoms with E-state index in [0.717, 1.165) is 22.7 Å². The van der Waals surface area contributed by atoms with Crippen LogP contribution in [-0.4, -0.2) is 34.7 Å². The number of hydrogen-bond donors (Lipinski definition) is 0. The Balaban J connectivity index is 1.48. The van der Waals surface area contributed by atoms with Crippen molar-refractivity contribution in [2.75, 3.05) is 13.2 Å². The van der Waals surface area contributed by atoms with Crippen molar-refractivity contribution in [1.82, 2.24) is 9.72 Å². The summed E-state index contributed by atoms with van der Waals surface area (Å²) in [6.07, 6.45) is 0.706. The molecule has 3 rings (SSSR count). The highest BCUT2D eigenvalue weighted by Gasteiger charge is 2.19. The summed E-state index contributed by atoms with van der Waals surface area (Å²) in [5, 5.41) is 4.00. The molecule has 2 aromatic heterocycles. The second-order valence-corrected chi connectivity index (χ2v) is 7.27. The molecule has 158 valence electrons. The molecule has 2 heterocycles. The topological polar surface area (TPSA) is 83.6 Å². The maximum Gasteiger partial charge on any atom is 0.306 e. The summed E-state index contributed by atoms with van der Waals surface area (Å²) in [6, 6.07) is 11.3. The maximum absolute atomic E-state index is 12.6. The van der Waals surface area contributed by atoms with E-state index in [-0.39, 0.29) is 18.8 Å². The zero-order valence-corrected chi connectivity index (χ0v) is 17.7. The van der Waals surface area contributed by atoms with E-state index in [9.17, 15) is 9.59 Å². The molecule has 3 aromatic rings. The average Bonchev–Trinajstić information content (AvgIpc) is 3.25. The van der Waals surface area contributed by atoms with E-state index in [1.54, 1.807) is 12.1 Å². The Labute approximate surface area is 175 Å². The number of benzene rings is 1. The third kappa shape index (κ3) is 5.17. The molecule has 0 saturated carbocycles. The van der Waals surface area contributed by atoms with Crippen molar-refractivity contribution in [3.63, 3.8) is 0 Å². The normalized spacial score (nSPS) is 10.8. The standard InChI is InChI=1S/C23H26N2O5/c1-15-7-5-8-19(11-15)28-10-6-9-23(27)29-14-21(26)20-12-16(2)25(18(20)4)22-13-17(3)30-24-22/h5,7-8,11-13H,6,9-10,14H2,1-4H3. The SMILES string of the molecule is Cc1cccc(OCCCC(=O)OCC(=O)c2cc(C)n(-c3cc(C)on3)c2C)c1. The van der Waals surface area contributed by atoms with Crippen molar-refractivity contribution in [1.29, 1.82) is 0 Å². The molecule has 0 saturated heterocycles. The van der Waals surface area contributed by atoms with Crippen molar-refractivity contribution in [3.05, 3.63) is 64.7 Å². The van der Waals surface area contributed by atoms with Crippen molar-refractivity contribution in [2.24, 2.45) is 0 Å². The predicted molar refractivity (Wildman–Crippen MR) is 111 cm³/mol. The monoisotopic (exact) mass is 410 g/mol. The second-order valence-electron chi connectivity index (χ2n) is 7.27. The number of carbonyl (C=O) groups is 2. The zero-order valence-electron chi connectivity index (χ0n) is 17.7. The molecule has 0 N–H and O–H groups in total. The van der Waals surface area contributed by atoms with Gasteiger partial charge in [-0.3, -0.25) is 14.2 Å². The Morgan fingerprint density at radius 2 is 1.90 bits per heavy atom. The van der Waals surface area contributed by atoms with Crippen molar-refractivity contribution >= 4 is 11.8 Å². The maximum atomic E-state index is 12.6. The Morgan fingerprint density at radius 3 is 2.60 bits per heavy atom. The summed E-state index contributed by atoms with van der Waals surface area (Å²) in [4.78, 5) is 24.5. The smallest absolute Gasteiger partial charge is 0.306 e. The van der Waals surface area contributed by atoms with Crippen LogP contribution in [0.3, 0.4) is 0 Å². The van der Waals surface area contributed by atoms with E-state index in [4.69, 9.17) is 14.0 Å². The van der Waals surface area contributed by atoms with Crippen LogP contribution >= 0.6 is 0 Å². The number of rotatable bonds is 9. The molecule has 0 unspecified atom stereocenters. The van der Waals surface area contributed by atoms with E-state index in [1.165, 1.54) is 0 Å². The van der Waals surface area contributed by atoms with Crippen LogP contribution in [0.2, 0.25) is 0 Å². The van der Waals surface area contributed by atoms with Crippen LogP contribution in [0, 0.1) is 27.7 Å². The van der Waals surface area contributed by atoms with Crippen LogP contribution in [-0.2, 0) is 9.53 Å². The van der Waals surface area contributed by atoms with Gasteiger partial charge < -0.3 is 14.0 Å². The zero-order chi connectivity index (χ0) is 21.7. The molecule has 30 heavy (non-hydrogen) atoms. The van der Waals surface area contributed by atoms with Gasteiger partial charge in [-0.2, -0.15) is 0 Å². The number of aromatic nitrogens is 2. The fraction of sp³-hybridized carbons (Fsp3) is 0.348. The Kier molecular flexibility index (Phi) is 6.72. The Morgan fingerprint density at radius 1 is 1.10 bits per heavy atom. The summed E-state index contributed by atoms with van der Waals surface area (Å²) in [5.41, 5.74) is 3.20. The number of esters is 1. The van der Waals surface area contributed by atoms with E-state index in [1.807, 2.05) is 56.5 Å². The van der Waals surface area contributed by atoms with E-state index in [0.29, 0.717) is 30.2 Å². The van der Waals surface area contributed by atoms with Crippen LogP contribution in [0.4, 0.5) is 0 Å². The summed E-state index contributed by atoms with van der Waals surface area (Å²) < 4.78 is 17.7. The van der Waals surface area contributed by atoms with Crippen molar-refractivity contribution < 1.29 is 23.6 Å². The molecule has 0 aliphatic carbocycles. The van der Waals surface area contributed by atoms with Crippen LogP contribution < -0.4 is 4.74 Å². The first kappa shape index (κ1) is 21.4. The van der Waals surface area contributed by atoms with Crippen LogP contribution in [0.5, 0.6) is 5.75 Å². The van der Waals surface area contributed by atoms with Crippen LogP contribution in [0.25, 0.3) is 5.82 Å². The minimum absolute atomic E-state index is 0.191. The van der Waals surface area contributed by atoms with Gasteiger partial charge >= 0.3 is 5.97 Å². The van der Waals surface area contributed by atoms with Gasteiger partial charge in [0.25, 0.3) is 0 Å². The Hall–Kier alpha value is -3.35. The summed E-state index contributed by atoms with van der Waals surface area (Å²) in [7, 11) is 0. The third-order valence-electron chi connectivity index (χ3n) is 4.72. The van der Waals surface area contributed by atoms with Gasteiger partial charge in [-0.05, 0) is 57.9 Å². The molecule has 0 radical (unpaired) electrons. The summed E-state index contributed by atoms with van der Waals surface area (Å²) in [6.45, 7) is 7.63. The van der Waals surface area contributed by atoms with Crippen molar-refractivity contribution in [3.8, 4) is 11.6 Å². The van der Waals surface area contributed by atoms with Gasteiger partial charge in [-0.25, -0.2) is 0 Å². The fourth-order valence-electron chi connectivity index (χ4n) is 3.26. The molecule has 1 aromatic carbocycles. The van der Waals surface area contributed by atoms with Gasteiger partial charge in [0.05, 0.1) is 6.61 Å². The molecule has 0 bridgehead atoms.